The lowest BCUT2D eigenvalue weighted by atomic mass is 10.1. The molecule has 4 heteroatoms. The van der Waals surface area contributed by atoms with Crippen molar-refractivity contribution in [1.29, 1.82) is 0 Å². The summed E-state index contributed by atoms with van der Waals surface area (Å²) >= 11 is 6.23. The van der Waals surface area contributed by atoms with Crippen molar-refractivity contribution in [2.75, 3.05) is 38.3 Å². The molecule has 0 heterocycles. The summed E-state index contributed by atoms with van der Waals surface area (Å²) in [5.41, 5.74) is 7.78. The fourth-order valence-corrected chi connectivity index (χ4v) is 2.03. The van der Waals surface area contributed by atoms with Gasteiger partial charge in [0.2, 0.25) is 0 Å². The van der Waals surface area contributed by atoms with Gasteiger partial charge < -0.3 is 15.4 Å². The van der Waals surface area contributed by atoms with Crippen LogP contribution in [0.25, 0.3) is 0 Å². The van der Waals surface area contributed by atoms with E-state index < -0.39 is 0 Å². The van der Waals surface area contributed by atoms with Crippen LogP contribution >= 0.6 is 11.6 Å². The van der Waals surface area contributed by atoms with Gasteiger partial charge >= 0.3 is 0 Å². The lowest BCUT2D eigenvalue weighted by molar-refractivity contribution is 0.205. The third kappa shape index (κ3) is 4.19. The first-order valence-electron chi connectivity index (χ1n) is 5.95. The second-order valence-corrected chi connectivity index (χ2v) is 4.29. The Morgan fingerprint density at radius 3 is 2.71 bits per heavy atom. The number of hydrogen-bond acceptors (Lipinski definition) is 3. The molecule has 0 fully saturated rings. The van der Waals surface area contributed by atoms with E-state index in [4.69, 9.17) is 22.1 Å². The number of rotatable bonds is 7. The van der Waals surface area contributed by atoms with Gasteiger partial charge in [-0.15, -0.1) is 0 Å². The van der Waals surface area contributed by atoms with E-state index in [0.717, 1.165) is 42.4 Å². The molecule has 96 valence electrons. The van der Waals surface area contributed by atoms with Crippen molar-refractivity contribution in [3.05, 3.63) is 28.8 Å². The van der Waals surface area contributed by atoms with Crippen LogP contribution in [0.15, 0.2) is 18.2 Å². The normalized spacial score (nSPS) is 10.6. The van der Waals surface area contributed by atoms with E-state index in [0.29, 0.717) is 6.54 Å². The number of halogens is 1. The van der Waals surface area contributed by atoms with E-state index in [9.17, 15) is 0 Å². The Bertz CT molecular complexity index is 344. The molecule has 0 aromatic heterocycles. The first-order chi connectivity index (χ1) is 8.22. The second-order valence-electron chi connectivity index (χ2n) is 3.89. The summed E-state index contributed by atoms with van der Waals surface area (Å²) in [4.78, 5) is 2.24. The first-order valence-corrected chi connectivity index (χ1v) is 6.33. The zero-order chi connectivity index (χ0) is 12.7. The van der Waals surface area contributed by atoms with Crippen LogP contribution in [-0.4, -0.2) is 33.4 Å². The van der Waals surface area contributed by atoms with Gasteiger partial charge in [-0.05, 0) is 37.6 Å². The molecule has 3 nitrogen and oxygen atoms in total. The third-order valence-electron chi connectivity index (χ3n) is 2.76. The van der Waals surface area contributed by atoms with Gasteiger partial charge in [-0.3, -0.25) is 0 Å². The van der Waals surface area contributed by atoms with E-state index in [-0.39, 0.29) is 0 Å². The molecule has 0 radical (unpaired) electrons. The van der Waals surface area contributed by atoms with Gasteiger partial charge in [-0.2, -0.15) is 0 Å². The third-order valence-corrected chi connectivity index (χ3v) is 3.11. The number of nitrogens with zero attached hydrogens (tertiary/aromatic N) is 1. The van der Waals surface area contributed by atoms with Crippen LogP contribution in [0.3, 0.4) is 0 Å². The van der Waals surface area contributed by atoms with Gasteiger partial charge in [0.15, 0.2) is 0 Å². The van der Waals surface area contributed by atoms with Gasteiger partial charge in [0.1, 0.15) is 0 Å². The van der Waals surface area contributed by atoms with Gasteiger partial charge in [-0.25, -0.2) is 0 Å². The SMILES string of the molecule is CCN(CCOC)c1ccc(CCN)c(Cl)c1. The summed E-state index contributed by atoms with van der Waals surface area (Å²) in [6.45, 7) is 5.28. The van der Waals surface area contributed by atoms with Crippen molar-refractivity contribution >= 4 is 17.3 Å². The molecule has 0 aliphatic heterocycles. The maximum Gasteiger partial charge on any atom is 0.0637 e. The molecule has 0 aliphatic carbocycles. The average molecular weight is 257 g/mol. The maximum atomic E-state index is 6.23. The quantitative estimate of drug-likeness (QED) is 0.814. The molecular formula is C13H21ClN2O. The van der Waals surface area contributed by atoms with Crippen molar-refractivity contribution in [1.82, 2.24) is 0 Å². The molecule has 0 spiro atoms. The Morgan fingerprint density at radius 1 is 1.41 bits per heavy atom. The average Bonchev–Trinajstić information content (AvgIpc) is 2.33. The summed E-state index contributed by atoms with van der Waals surface area (Å²) in [5, 5.41) is 0.795. The highest BCUT2D eigenvalue weighted by atomic mass is 35.5. The smallest absolute Gasteiger partial charge is 0.0637 e. The Morgan fingerprint density at radius 2 is 2.18 bits per heavy atom. The van der Waals surface area contributed by atoms with Crippen LogP contribution in [0.4, 0.5) is 5.69 Å². The van der Waals surface area contributed by atoms with Crippen molar-refractivity contribution in [3.63, 3.8) is 0 Å². The molecule has 0 atom stereocenters. The van der Waals surface area contributed by atoms with Gasteiger partial charge in [-0.1, -0.05) is 17.7 Å². The predicted molar refractivity (Wildman–Crippen MR) is 74.0 cm³/mol. The van der Waals surface area contributed by atoms with Crippen molar-refractivity contribution in [2.24, 2.45) is 5.73 Å². The molecule has 0 saturated heterocycles. The van der Waals surface area contributed by atoms with Crippen LogP contribution in [0.1, 0.15) is 12.5 Å². The van der Waals surface area contributed by atoms with E-state index in [1.807, 2.05) is 6.07 Å². The molecule has 1 aromatic rings. The van der Waals surface area contributed by atoms with E-state index in [2.05, 4.69) is 24.0 Å². The Balaban J connectivity index is 2.79. The standard InChI is InChI=1S/C13H21ClN2O/c1-3-16(8-9-17-2)12-5-4-11(6-7-15)13(14)10-12/h4-5,10H,3,6-9,15H2,1-2H3. The monoisotopic (exact) mass is 256 g/mol. The van der Waals surface area contributed by atoms with Crippen molar-refractivity contribution in [2.45, 2.75) is 13.3 Å². The number of likely N-dealkylation sites (N-methyl/N-ethyl adjacent to an activating group) is 1. The Labute approximate surface area is 109 Å². The van der Waals surface area contributed by atoms with Crippen LogP contribution in [0.5, 0.6) is 0 Å². The van der Waals surface area contributed by atoms with Gasteiger partial charge in [0.05, 0.1) is 6.61 Å². The van der Waals surface area contributed by atoms with Gasteiger partial charge in [0, 0.05) is 30.9 Å². The molecular weight excluding hydrogens is 236 g/mol. The summed E-state index contributed by atoms with van der Waals surface area (Å²) in [7, 11) is 1.71. The lowest BCUT2D eigenvalue weighted by Gasteiger charge is -2.23. The maximum absolute atomic E-state index is 6.23. The van der Waals surface area contributed by atoms with Crippen molar-refractivity contribution in [3.8, 4) is 0 Å². The molecule has 0 bridgehead atoms. The van der Waals surface area contributed by atoms with Crippen molar-refractivity contribution < 1.29 is 4.74 Å². The highest BCUT2D eigenvalue weighted by Gasteiger charge is 2.07. The van der Waals surface area contributed by atoms with Crippen LogP contribution in [0.2, 0.25) is 5.02 Å². The summed E-state index contributed by atoms with van der Waals surface area (Å²) < 4.78 is 5.10. The van der Waals surface area contributed by atoms with E-state index in [1.165, 1.54) is 0 Å². The highest BCUT2D eigenvalue weighted by molar-refractivity contribution is 6.31. The minimum atomic E-state index is 0.625. The number of methoxy groups -OCH3 is 1. The van der Waals surface area contributed by atoms with E-state index in [1.54, 1.807) is 7.11 Å². The molecule has 0 aliphatic rings. The predicted octanol–water partition coefficient (Wildman–Crippen LogP) is 2.31. The summed E-state index contributed by atoms with van der Waals surface area (Å²) in [6, 6.07) is 6.15. The fraction of sp³-hybridized carbons (Fsp3) is 0.538. The fourth-order valence-electron chi connectivity index (χ4n) is 1.76. The minimum absolute atomic E-state index is 0.625. The summed E-state index contributed by atoms with van der Waals surface area (Å²) in [6.07, 6.45) is 0.823. The zero-order valence-corrected chi connectivity index (χ0v) is 11.3. The second kappa shape index (κ2) is 7.54. The van der Waals surface area contributed by atoms with Crippen LogP contribution in [-0.2, 0) is 11.2 Å². The number of ether oxygens (including phenoxy) is 1. The van der Waals surface area contributed by atoms with Gasteiger partial charge in [0.25, 0.3) is 0 Å². The highest BCUT2D eigenvalue weighted by Crippen LogP contribution is 2.23. The largest absolute Gasteiger partial charge is 0.383 e. The molecule has 0 amide bonds. The molecule has 0 unspecified atom stereocenters. The number of hydrogen-bond donors (Lipinski definition) is 1. The number of benzene rings is 1. The van der Waals surface area contributed by atoms with E-state index >= 15 is 0 Å². The number of nitrogens with two attached hydrogens (primary N) is 1. The molecule has 2 N–H and O–H groups in total. The molecule has 17 heavy (non-hydrogen) atoms. The molecule has 1 rings (SSSR count). The zero-order valence-electron chi connectivity index (χ0n) is 10.6. The minimum Gasteiger partial charge on any atom is -0.383 e. The first kappa shape index (κ1) is 14.3. The summed E-state index contributed by atoms with van der Waals surface area (Å²) in [5.74, 6) is 0. The molecule has 1 aromatic carbocycles. The topological polar surface area (TPSA) is 38.5 Å². The molecule has 0 saturated carbocycles. The Kier molecular flexibility index (Phi) is 6.34. The number of anilines is 1. The Hall–Kier alpha value is -0.770. The van der Waals surface area contributed by atoms with Crippen LogP contribution in [0, 0.1) is 0 Å². The lowest BCUT2D eigenvalue weighted by Crippen LogP contribution is -2.26. The van der Waals surface area contributed by atoms with Crippen LogP contribution < -0.4 is 10.6 Å².